The molecule has 0 heterocycles. The minimum Gasteiger partial charge on any atom is -0.462 e. The van der Waals surface area contributed by atoms with Crippen LogP contribution >= 0.6 is 7.82 Å². The predicted molar refractivity (Wildman–Crippen MR) is 247 cm³/mol. The lowest BCUT2D eigenvalue weighted by Crippen LogP contribution is -2.29. The van der Waals surface area contributed by atoms with Crippen molar-refractivity contribution in [2.24, 2.45) is 5.73 Å². The summed E-state index contributed by atoms with van der Waals surface area (Å²) in [4.78, 5) is 34.9. The number of carbonyl (C=O) groups excluding carboxylic acids is 2. The molecule has 0 aliphatic rings. The maximum atomic E-state index is 12.6. The Balaban J connectivity index is 4.37. The van der Waals surface area contributed by atoms with Gasteiger partial charge in [-0.05, 0) is 103 Å². The van der Waals surface area contributed by atoms with E-state index in [4.69, 9.17) is 24.3 Å². The van der Waals surface area contributed by atoms with Crippen molar-refractivity contribution < 1.29 is 37.6 Å². The Morgan fingerprint density at radius 3 is 1.29 bits per heavy atom. The molecule has 10 heteroatoms. The molecule has 0 bridgehead atoms. The van der Waals surface area contributed by atoms with Gasteiger partial charge in [0.25, 0.3) is 0 Å². The Morgan fingerprint density at radius 2 is 0.881 bits per heavy atom. The Bertz CT molecular complexity index is 1420. The van der Waals surface area contributed by atoms with E-state index in [2.05, 4.69) is 141 Å². The van der Waals surface area contributed by atoms with E-state index in [1.165, 1.54) is 0 Å². The van der Waals surface area contributed by atoms with Crippen molar-refractivity contribution in [2.45, 2.75) is 136 Å². The van der Waals surface area contributed by atoms with Gasteiger partial charge < -0.3 is 20.1 Å². The van der Waals surface area contributed by atoms with Crippen molar-refractivity contribution in [2.75, 3.05) is 26.4 Å². The van der Waals surface area contributed by atoms with Gasteiger partial charge in [0, 0.05) is 19.4 Å². The van der Waals surface area contributed by atoms with E-state index < -0.39 is 32.5 Å². The fraction of sp³-hybridized carbons (Fsp3) is 0.510. The zero-order valence-electron chi connectivity index (χ0n) is 36.2. The molecule has 2 atom stereocenters. The quantitative estimate of drug-likeness (QED) is 0.0270. The number of hydrogen-bond donors (Lipinski definition) is 2. The molecule has 2 unspecified atom stereocenters. The van der Waals surface area contributed by atoms with Crippen LogP contribution in [0.5, 0.6) is 0 Å². The summed E-state index contributed by atoms with van der Waals surface area (Å²) in [6.07, 6.45) is 60.6. The van der Waals surface area contributed by atoms with Crippen LogP contribution in [0.15, 0.2) is 134 Å². The van der Waals surface area contributed by atoms with Crippen LogP contribution in [0.3, 0.4) is 0 Å². The highest BCUT2D eigenvalue weighted by molar-refractivity contribution is 7.47. The molecular weight excluding hydrogens is 762 g/mol. The van der Waals surface area contributed by atoms with Crippen LogP contribution in [0.25, 0.3) is 0 Å². The number of ether oxygens (including phenoxy) is 2. The molecule has 0 aromatic carbocycles. The number of unbranched alkanes of at least 4 members (excludes halogenated alkanes) is 3. The normalized spacial score (nSPS) is 14.6. The van der Waals surface area contributed by atoms with Gasteiger partial charge in [0.2, 0.25) is 0 Å². The molecule has 330 valence electrons. The summed E-state index contributed by atoms with van der Waals surface area (Å²) < 4.78 is 32.7. The van der Waals surface area contributed by atoms with E-state index in [-0.39, 0.29) is 32.6 Å². The molecule has 0 saturated carbocycles. The lowest BCUT2D eigenvalue weighted by molar-refractivity contribution is -0.161. The van der Waals surface area contributed by atoms with E-state index in [0.29, 0.717) is 12.8 Å². The molecule has 0 fully saturated rings. The maximum absolute atomic E-state index is 12.6. The molecule has 0 amide bonds. The molecular formula is C49H76NO8P. The molecule has 9 nitrogen and oxygen atoms in total. The van der Waals surface area contributed by atoms with E-state index in [9.17, 15) is 19.0 Å². The second kappa shape index (κ2) is 43.7. The Hall–Kier alpha value is -3.85. The molecule has 3 N–H and O–H groups in total. The van der Waals surface area contributed by atoms with Gasteiger partial charge in [0.15, 0.2) is 6.10 Å². The van der Waals surface area contributed by atoms with Gasteiger partial charge in [-0.3, -0.25) is 18.6 Å². The first-order valence-electron chi connectivity index (χ1n) is 21.7. The van der Waals surface area contributed by atoms with Crippen LogP contribution in [0.4, 0.5) is 0 Å². The van der Waals surface area contributed by atoms with Gasteiger partial charge in [-0.2, -0.15) is 0 Å². The van der Waals surface area contributed by atoms with Crippen molar-refractivity contribution in [1.82, 2.24) is 0 Å². The summed E-state index contributed by atoms with van der Waals surface area (Å²) in [5.74, 6) is -0.965. The molecule has 0 rings (SSSR count). The Kier molecular flexibility index (Phi) is 40.9. The average molecular weight is 838 g/mol. The second-order valence-electron chi connectivity index (χ2n) is 13.4. The number of phosphoric acid groups is 1. The average Bonchev–Trinajstić information content (AvgIpc) is 3.22. The molecule has 0 spiro atoms. The van der Waals surface area contributed by atoms with Gasteiger partial charge >= 0.3 is 19.8 Å². The number of allylic oxidation sites excluding steroid dienone is 22. The van der Waals surface area contributed by atoms with Gasteiger partial charge in [-0.1, -0.05) is 148 Å². The number of hydrogen-bond acceptors (Lipinski definition) is 8. The topological polar surface area (TPSA) is 134 Å². The Morgan fingerprint density at radius 1 is 0.508 bits per heavy atom. The minimum absolute atomic E-state index is 0.0299. The first-order chi connectivity index (χ1) is 28.8. The molecule has 0 radical (unpaired) electrons. The third-order valence-corrected chi connectivity index (χ3v) is 9.02. The summed E-state index contributed by atoms with van der Waals surface area (Å²) in [5, 5.41) is 0. The summed E-state index contributed by atoms with van der Waals surface area (Å²) in [7, 11) is -4.41. The van der Waals surface area contributed by atoms with Crippen LogP contribution in [0.1, 0.15) is 129 Å². The number of rotatable bonds is 38. The molecule has 0 aliphatic heterocycles. The SMILES string of the molecule is CC/C=C\C/C=C\C/C=C\C/C=C\C/C=C\C/C=C\CCCCC(=O)OC(COC(=O)CCC/C=C\C/C=C\C/C=C\C/C=C\C/C=C\CC)COP(=O)(O)OCCN. The van der Waals surface area contributed by atoms with Crippen LogP contribution in [-0.2, 0) is 32.7 Å². The standard InChI is InChI=1S/C49H76NO8P/c1-3-5-7-9-11-13-15-17-19-21-22-23-24-26-28-30-32-34-36-38-40-42-49(52)58-47(46-57-59(53,54)56-44-43-50)45-55-48(51)41-39-37-35-33-31-29-27-25-20-18-16-14-12-10-8-6-4-2/h5-8,11-14,17-20,22-23,26-29,32-35,47H,3-4,9-10,15-16,21,24-25,30-31,36-46,50H2,1-2H3,(H,53,54)/b7-5-,8-6-,13-11-,14-12-,19-17-,20-18-,23-22-,28-26-,29-27-,34-32-,35-33-. The van der Waals surface area contributed by atoms with Crippen molar-refractivity contribution in [1.29, 1.82) is 0 Å². The second-order valence-corrected chi connectivity index (χ2v) is 14.9. The number of nitrogens with two attached hydrogens (primary N) is 1. The zero-order valence-corrected chi connectivity index (χ0v) is 37.1. The summed E-state index contributed by atoms with van der Waals surface area (Å²) in [5.41, 5.74) is 5.34. The summed E-state index contributed by atoms with van der Waals surface area (Å²) >= 11 is 0. The minimum atomic E-state index is -4.41. The lowest BCUT2D eigenvalue weighted by Gasteiger charge is -2.19. The van der Waals surface area contributed by atoms with Gasteiger partial charge in [-0.25, -0.2) is 4.57 Å². The highest BCUT2D eigenvalue weighted by Crippen LogP contribution is 2.43. The summed E-state index contributed by atoms with van der Waals surface area (Å²) in [6.45, 7) is 3.34. The summed E-state index contributed by atoms with van der Waals surface area (Å²) in [6, 6.07) is 0. The predicted octanol–water partition coefficient (Wildman–Crippen LogP) is 12.7. The highest BCUT2D eigenvalue weighted by Gasteiger charge is 2.25. The van der Waals surface area contributed by atoms with Crippen molar-refractivity contribution in [3.63, 3.8) is 0 Å². The van der Waals surface area contributed by atoms with Crippen molar-refractivity contribution >= 4 is 19.8 Å². The van der Waals surface area contributed by atoms with Gasteiger partial charge in [-0.15, -0.1) is 0 Å². The van der Waals surface area contributed by atoms with Gasteiger partial charge in [0.1, 0.15) is 6.61 Å². The van der Waals surface area contributed by atoms with Crippen LogP contribution in [-0.4, -0.2) is 49.3 Å². The lowest BCUT2D eigenvalue weighted by atomic mass is 10.2. The number of esters is 2. The molecule has 0 saturated heterocycles. The molecule has 0 aromatic heterocycles. The first-order valence-corrected chi connectivity index (χ1v) is 23.2. The van der Waals surface area contributed by atoms with Crippen LogP contribution in [0.2, 0.25) is 0 Å². The zero-order chi connectivity index (χ0) is 43.2. The first kappa shape index (κ1) is 55.2. The van der Waals surface area contributed by atoms with Crippen LogP contribution < -0.4 is 5.73 Å². The monoisotopic (exact) mass is 838 g/mol. The van der Waals surface area contributed by atoms with E-state index >= 15 is 0 Å². The molecule has 0 aromatic rings. The third-order valence-electron chi connectivity index (χ3n) is 8.03. The fourth-order valence-electron chi connectivity index (χ4n) is 4.91. The Labute approximate surface area is 357 Å². The molecule has 59 heavy (non-hydrogen) atoms. The highest BCUT2D eigenvalue weighted by atomic mass is 31.2. The fourth-order valence-corrected chi connectivity index (χ4v) is 5.67. The van der Waals surface area contributed by atoms with E-state index in [1.54, 1.807) is 0 Å². The number of phosphoric ester groups is 1. The van der Waals surface area contributed by atoms with Crippen molar-refractivity contribution in [3.05, 3.63) is 134 Å². The number of carbonyl (C=O) groups is 2. The maximum Gasteiger partial charge on any atom is 0.472 e. The largest absolute Gasteiger partial charge is 0.472 e. The van der Waals surface area contributed by atoms with Gasteiger partial charge in [0.05, 0.1) is 13.2 Å². The smallest absolute Gasteiger partial charge is 0.462 e. The van der Waals surface area contributed by atoms with Crippen LogP contribution in [0, 0.1) is 0 Å². The third kappa shape index (κ3) is 43.6. The van der Waals surface area contributed by atoms with Crippen molar-refractivity contribution in [3.8, 4) is 0 Å². The molecule has 0 aliphatic carbocycles. The van der Waals surface area contributed by atoms with E-state index in [0.717, 1.165) is 89.9 Å². The van der Waals surface area contributed by atoms with E-state index in [1.807, 2.05) is 6.08 Å².